The molecule has 0 aromatic heterocycles. The summed E-state index contributed by atoms with van der Waals surface area (Å²) >= 11 is 0. The second kappa shape index (κ2) is 11.9. The second-order valence-corrected chi connectivity index (χ2v) is 6.75. The maximum absolute atomic E-state index is 10.1. The van der Waals surface area contributed by atoms with Crippen molar-refractivity contribution in [3.63, 3.8) is 0 Å². The zero-order valence-corrected chi connectivity index (χ0v) is 17.9. The monoisotopic (exact) mass is 440 g/mol. The average molecular weight is 440 g/mol. The molecule has 10 atom stereocenters. The Morgan fingerprint density at radius 1 is 0.931 bits per heavy atom. The fourth-order valence-corrected chi connectivity index (χ4v) is 2.99. The summed E-state index contributed by atoms with van der Waals surface area (Å²) in [5, 5.41) is 87.0. The Morgan fingerprint density at radius 2 is 1.59 bits per heavy atom. The van der Waals surface area contributed by atoms with Gasteiger partial charge in [0.05, 0.1) is 26.4 Å². The molecule has 1 unspecified atom stereocenters. The van der Waals surface area contributed by atoms with Gasteiger partial charge >= 0.3 is 29.6 Å². The summed E-state index contributed by atoms with van der Waals surface area (Å²) in [5.74, 6) is -2.26. The summed E-state index contributed by atoms with van der Waals surface area (Å²) in [6.45, 7) is -2.89. The van der Waals surface area contributed by atoms with Gasteiger partial charge in [0, 0.05) is 0 Å². The Bertz CT molecular complexity index is 493. The minimum atomic E-state index is -2.26. The summed E-state index contributed by atoms with van der Waals surface area (Å²) in [6, 6.07) is 0. The predicted octanol–water partition coefficient (Wildman–Crippen LogP) is -8.90. The number of aliphatic hydroxyl groups is 9. The Kier molecular flexibility index (Phi) is 11.3. The van der Waals surface area contributed by atoms with Crippen molar-refractivity contribution in [2.45, 2.75) is 60.9 Å². The van der Waals surface area contributed by atoms with Crippen LogP contribution in [0, 0.1) is 0 Å². The van der Waals surface area contributed by atoms with Crippen molar-refractivity contribution in [1.29, 1.82) is 0 Å². The van der Waals surface area contributed by atoms with E-state index < -0.39 is 80.7 Å². The molecule has 2 aliphatic heterocycles. The zero-order valence-electron chi connectivity index (χ0n) is 16.9. The van der Waals surface area contributed by atoms with Gasteiger partial charge in [0.25, 0.3) is 0 Å². The van der Waals surface area contributed by atoms with Crippen LogP contribution in [0.4, 0.5) is 0 Å². The summed E-state index contributed by atoms with van der Waals surface area (Å²) in [6.07, 6.45) is -14.0. The molecule has 2 rings (SSSR count). The van der Waals surface area contributed by atoms with E-state index in [1.165, 1.54) is 0 Å². The van der Waals surface area contributed by atoms with Crippen LogP contribution in [0.25, 0.3) is 0 Å². The summed E-state index contributed by atoms with van der Waals surface area (Å²) < 4.78 is 20.9. The fourth-order valence-electron chi connectivity index (χ4n) is 2.99. The molecule has 0 aromatic carbocycles. The molecule has 0 saturated carbocycles. The van der Waals surface area contributed by atoms with Crippen LogP contribution < -0.4 is 29.6 Å². The van der Waals surface area contributed by atoms with E-state index in [2.05, 4.69) is 0 Å². The van der Waals surface area contributed by atoms with Crippen molar-refractivity contribution in [3.8, 4) is 0 Å². The molecular weight excluding hydrogens is 411 g/mol. The van der Waals surface area contributed by atoms with Crippen molar-refractivity contribution in [2.75, 3.05) is 33.0 Å². The number of hydrogen-bond acceptors (Lipinski definition) is 13. The molecule has 14 heteroatoms. The molecule has 0 aromatic rings. The average Bonchev–Trinajstić information content (AvgIpc) is 2.94. The molecule has 0 amide bonds. The molecule has 2 fully saturated rings. The normalized spacial score (nSPS) is 43.8. The molecule has 2 aliphatic rings. The van der Waals surface area contributed by atoms with Crippen molar-refractivity contribution >= 4 is 0 Å². The van der Waals surface area contributed by atoms with E-state index in [0.29, 0.717) is 0 Å². The first-order valence-electron chi connectivity index (χ1n) is 8.70. The van der Waals surface area contributed by atoms with Crippen molar-refractivity contribution in [3.05, 3.63) is 0 Å². The SMILES string of the molecule is OCC(O)COC[C@H]1O[C@H](O[C@]2(CO)O[C@H](CO)[C@@H](O)[C@@H]2O)[C@H](O)[C@@H](O)[C@@H]1O.[H-].[Na+]. The van der Waals surface area contributed by atoms with Crippen molar-refractivity contribution < 1.29 is 95.9 Å². The van der Waals surface area contributed by atoms with Crippen LogP contribution in [0.3, 0.4) is 0 Å². The maximum atomic E-state index is 10.1. The molecule has 9 N–H and O–H groups in total. The molecule has 168 valence electrons. The van der Waals surface area contributed by atoms with Crippen LogP contribution in [0.5, 0.6) is 0 Å². The van der Waals surface area contributed by atoms with Crippen molar-refractivity contribution in [2.24, 2.45) is 0 Å². The number of rotatable bonds is 9. The molecule has 0 spiro atoms. The van der Waals surface area contributed by atoms with Crippen LogP contribution >= 0.6 is 0 Å². The van der Waals surface area contributed by atoms with E-state index >= 15 is 0 Å². The van der Waals surface area contributed by atoms with Crippen LogP contribution in [-0.4, -0.2) is 140 Å². The van der Waals surface area contributed by atoms with Crippen LogP contribution in [0.1, 0.15) is 1.43 Å². The van der Waals surface area contributed by atoms with Gasteiger partial charge in [0.1, 0.15) is 55.4 Å². The third kappa shape index (κ3) is 6.04. The largest absolute Gasteiger partial charge is 1.00 e. The van der Waals surface area contributed by atoms with Crippen molar-refractivity contribution in [1.82, 2.24) is 0 Å². The van der Waals surface area contributed by atoms with E-state index in [4.69, 9.17) is 24.1 Å². The molecule has 13 nitrogen and oxygen atoms in total. The Balaban J connectivity index is 0.00000420. The smallest absolute Gasteiger partial charge is 1.00 e. The van der Waals surface area contributed by atoms with Gasteiger partial charge in [-0.2, -0.15) is 0 Å². The number of aliphatic hydroxyl groups excluding tert-OH is 9. The van der Waals surface area contributed by atoms with E-state index in [1.807, 2.05) is 0 Å². The molecule has 0 bridgehead atoms. The molecule has 2 saturated heterocycles. The molecule has 0 aliphatic carbocycles. The summed E-state index contributed by atoms with van der Waals surface area (Å²) in [4.78, 5) is 0. The van der Waals surface area contributed by atoms with E-state index in [0.717, 1.165) is 0 Å². The molecular formula is C15H29NaO13. The quantitative estimate of drug-likeness (QED) is 0.152. The van der Waals surface area contributed by atoms with Crippen LogP contribution in [0.2, 0.25) is 0 Å². The van der Waals surface area contributed by atoms with Gasteiger partial charge in [0.15, 0.2) is 6.29 Å². The first-order chi connectivity index (χ1) is 13.2. The fraction of sp³-hybridized carbons (Fsp3) is 1.00. The summed E-state index contributed by atoms with van der Waals surface area (Å²) in [5.41, 5.74) is 0. The topological polar surface area (TPSA) is 219 Å². The second-order valence-electron chi connectivity index (χ2n) is 6.75. The molecule has 0 radical (unpaired) electrons. The minimum absolute atomic E-state index is 0. The predicted molar refractivity (Wildman–Crippen MR) is 86.6 cm³/mol. The number of ether oxygens (including phenoxy) is 4. The standard InChI is InChI=1S/C15H28O13.Na.H/c16-1-6(19)3-25-4-8-9(20)11(22)12(23)14(26-8)28-15(5-18)13(24)10(21)7(2-17)27-15;;/h6-14,16-24H,1-5H2;;/q;+1;-1/t6?,7-,8-,9-,10-,11+,12-,13+,14-,15+;;/m1../s1. The Morgan fingerprint density at radius 3 is 2.10 bits per heavy atom. The first kappa shape index (κ1) is 27.5. The Labute approximate surface area is 189 Å². The van der Waals surface area contributed by atoms with Gasteiger partial charge in [-0.1, -0.05) is 0 Å². The van der Waals surface area contributed by atoms with Gasteiger partial charge in [-0.05, 0) is 0 Å². The van der Waals surface area contributed by atoms with E-state index in [9.17, 15) is 40.9 Å². The minimum Gasteiger partial charge on any atom is -1.00 e. The van der Waals surface area contributed by atoms with Gasteiger partial charge in [-0.25, -0.2) is 0 Å². The third-order valence-corrected chi connectivity index (χ3v) is 4.69. The van der Waals surface area contributed by atoms with Crippen LogP contribution in [-0.2, 0) is 18.9 Å². The van der Waals surface area contributed by atoms with Crippen LogP contribution in [0.15, 0.2) is 0 Å². The molecule has 29 heavy (non-hydrogen) atoms. The first-order valence-corrected chi connectivity index (χ1v) is 8.70. The maximum Gasteiger partial charge on any atom is 1.00 e. The number of hydrogen-bond donors (Lipinski definition) is 9. The van der Waals surface area contributed by atoms with Gasteiger partial charge in [-0.3, -0.25) is 0 Å². The molecule has 2 heterocycles. The van der Waals surface area contributed by atoms with Gasteiger partial charge in [0.2, 0.25) is 5.79 Å². The zero-order chi connectivity index (χ0) is 21.1. The van der Waals surface area contributed by atoms with Gasteiger partial charge in [-0.15, -0.1) is 0 Å². The van der Waals surface area contributed by atoms with E-state index in [-0.39, 0.29) is 44.2 Å². The third-order valence-electron chi connectivity index (χ3n) is 4.69. The summed E-state index contributed by atoms with van der Waals surface area (Å²) in [7, 11) is 0. The Hall–Kier alpha value is 0.480. The van der Waals surface area contributed by atoms with Gasteiger partial charge < -0.3 is 66.3 Å². The van der Waals surface area contributed by atoms with E-state index in [1.54, 1.807) is 0 Å².